The van der Waals surface area contributed by atoms with Gasteiger partial charge in [-0.15, -0.1) is 11.8 Å². The van der Waals surface area contributed by atoms with E-state index in [4.69, 9.17) is 5.11 Å². The first-order chi connectivity index (χ1) is 9.47. The van der Waals surface area contributed by atoms with Crippen molar-refractivity contribution in [3.8, 4) is 0 Å². The zero-order valence-corrected chi connectivity index (χ0v) is 12.5. The first-order valence-corrected chi connectivity index (χ1v) is 7.35. The highest BCUT2D eigenvalue weighted by atomic mass is 79.9. The predicted octanol–water partition coefficient (Wildman–Crippen LogP) is 4.72. The van der Waals surface area contributed by atoms with Crippen molar-refractivity contribution in [1.29, 1.82) is 0 Å². The van der Waals surface area contributed by atoms with E-state index in [0.29, 0.717) is 5.56 Å². The van der Waals surface area contributed by atoms with Crippen molar-refractivity contribution < 1.29 is 18.7 Å². The molecule has 0 unspecified atom stereocenters. The Labute approximate surface area is 126 Å². The lowest BCUT2D eigenvalue weighted by Gasteiger charge is -2.06. The molecule has 0 amide bonds. The van der Waals surface area contributed by atoms with Gasteiger partial charge in [0, 0.05) is 15.1 Å². The number of thioether (sulfide) groups is 1. The van der Waals surface area contributed by atoms with Gasteiger partial charge in [-0.25, -0.2) is 13.6 Å². The number of carboxylic acids is 1. The molecule has 0 spiro atoms. The van der Waals surface area contributed by atoms with Crippen molar-refractivity contribution in [2.75, 3.05) is 0 Å². The Kier molecular flexibility index (Phi) is 4.77. The quantitative estimate of drug-likeness (QED) is 0.803. The third-order valence-corrected chi connectivity index (χ3v) is 4.14. The van der Waals surface area contributed by atoms with Crippen LogP contribution in [-0.2, 0) is 5.75 Å². The van der Waals surface area contributed by atoms with Crippen LogP contribution < -0.4 is 0 Å². The van der Waals surface area contributed by atoms with E-state index in [0.717, 1.165) is 22.3 Å². The number of halogens is 3. The van der Waals surface area contributed by atoms with E-state index >= 15 is 0 Å². The second-order valence-electron chi connectivity index (χ2n) is 3.97. The Morgan fingerprint density at radius 1 is 1.15 bits per heavy atom. The maximum Gasteiger partial charge on any atom is 0.335 e. The van der Waals surface area contributed by atoms with E-state index < -0.39 is 11.8 Å². The molecular formula is C14H9BrF2O2S. The molecule has 2 nitrogen and oxygen atoms in total. The maximum absolute atomic E-state index is 13.6. The minimum atomic E-state index is -1.12. The molecule has 1 N–H and O–H groups in total. The zero-order valence-electron chi connectivity index (χ0n) is 10.1. The van der Waals surface area contributed by atoms with Gasteiger partial charge in [0.1, 0.15) is 11.6 Å². The highest BCUT2D eigenvalue weighted by molar-refractivity contribution is 9.10. The first-order valence-electron chi connectivity index (χ1n) is 5.57. The minimum Gasteiger partial charge on any atom is -0.478 e. The second-order valence-corrected chi connectivity index (χ2v) is 5.91. The molecule has 2 aromatic carbocycles. The van der Waals surface area contributed by atoms with Gasteiger partial charge in [-0.2, -0.15) is 0 Å². The summed E-state index contributed by atoms with van der Waals surface area (Å²) in [6.07, 6.45) is 0. The van der Waals surface area contributed by atoms with Crippen molar-refractivity contribution >= 4 is 33.7 Å². The molecule has 0 aromatic heterocycles. The fraction of sp³-hybridized carbons (Fsp3) is 0.0714. The van der Waals surface area contributed by atoms with Crippen LogP contribution in [0.5, 0.6) is 0 Å². The van der Waals surface area contributed by atoms with Gasteiger partial charge in [0.2, 0.25) is 0 Å². The summed E-state index contributed by atoms with van der Waals surface area (Å²) in [6.45, 7) is 0. The van der Waals surface area contributed by atoms with E-state index in [1.54, 1.807) is 12.1 Å². The lowest BCUT2D eigenvalue weighted by Crippen LogP contribution is -1.97. The van der Waals surface area contributed by atoms with Crippen LogP contribution in [0.3, 0.4) is 0 Å². The van der Waals surface area contributed by atoms with E-state index in [9.17, 15) is 13.6 Å². The van der Waals surface area contributed by atoms with Crippen LogP contribution >= 0.6 is 27.7 Å². The van der Waals surface area contributed by atoms with Crippen molar-refractivity contribution in [1.82, 2.24) is 0 Å². The molecule has 2 rings (SSSR count). The monoisotopic (exact) mass is 358 g/mol. The van der Waals surface area contributed by atoms with Gasteiger partial charge in [0.25, 0.3) is 0 Å². The third-order valence-electron chi connectivity index (χ3n) is 2.57. The van der Waals surface area contributed by atoms with Crippen molar-refractivity contribution in [3.05, 3.63) is 63.6 Å². The van der Waals surface area contributed by atoms with E-state index in [2.05, 4.69) is 15.9 Å². The predicted molar refractivity (Wildman–Crippen MR) is 77.0 cm³/mol. The second kappa shape index (κ2) is 6.37. The standard InChI is InChI=1S/C14H9BrF2O2S/c15-10-2-4-11(16)9(5-10)7-20-13-6-8(14(18)19)1-3-12(13)17/h1-6H,7H2,(H,18,19). The Hall–Kier alpha value is -1.40. The molecule has 0 aliphatic rings. The van der Waals surface area contributed by atoms with Crippen molar-refractivity contribution in [3.63, 3.8) is 0 Å². The average molecular weight is 359 g/mol. The van der Waals surface area contributed by atoms with Crippen LogP contribution in [-0.4, -0.2) is 11.1 Å². The summed E-state index contributed by atoms with van der Waals surface area (Å²) in [4.78, 5) is 11.0. The topological polar surface area (TPSA) is 37.3 Å². The normalized spacial score (nSPS) is 10.6. The average Bonchev–Trinajstić information content (AvgIpc) is 2.41. The molecule has 6 heteroatoms. The Morgan fingerprint density at radius 2 is 1.85 bits per heavy atom. The molecule has 0 atom stereocenters. The molecule has 0 fully saturated rings. The molecular weight excluding hydrogens is 350 g/mol. The first kappa shape index (κ1) is 15.0. The van der Waals surface area contributed by atoms with Crippen LogP contribution in [0.25, 0.3) is 0 Å². The SMILES string of the molecule is O=C(O)c1ccc(F)c(SCc2cc(Br)ccc2F)c1. The lowest BCUT2D eigenvalue weighted by molar-refractivity contribution is 0.0696. The summed E-state index contributed by atoms with van der Waals surface area (Å²) in [5.74, 6) is -1.81. The zero-order chi connectivity index (χ0) is 14.7. The smallest absolute Gasteiger partial charge is 0.335 e. The highest BCUT2D eigenvalue weighted by Gasteiger charge is 2.10. The molecule has 2 aromatic rings. The number of rotatable bonds is 4. The van der Waals surface area contributed by atoms with Gasteiger partial charge in [0.05, 0.1) is 5.56 Å². The van der Waals surface area contributed by atoms with E-state index in [-0.39, 0.29) is 22.0 Å². The summed E-state index contributed by atoms with van der Waals surface area (Å²) in [5, 5.41) is 8.87. The number of aromatic carboxylic acids is 1. The van der Waals surface area contributed by atoms with Crippen molar-refractivity contribution in [2.45, 2.75) is 10.6 Å². The number of benzene rings is 2. The molecule has 0 aliphatic carbocycles. The van der Waals surface area contributed by atoms with Crippen LogP contribution in [0.4, 0.5) is 8.78 Å². The molecule has 0 bridgehead atoms. The summed E-state index contributed by atoms with van der Waals surface area (Å²) in [5.41, 5.74) is 0.424. The fourth-order valence-corrected chi connectivity index (χ4v) is 2.91. The van der Waals surface area contributed by atoms with Crippen LogP contribution in [0, 0.1) is 11.6 Å². The molecule has 0 radical (unpaired) electrons. The number of carbonyl (C=O) groups is 1. The van der Waals surface area contributed by atoms with Gasteiger partial charge in [-0.1, -0.05) is 15.9 Å². The number of carboxylic acid groups (broad SMARTS) is 1. The molecule has 20 heavy (non-hydrogen) atoms. The lowest BCUT2D eigenvalue weighted by atomic mass is 10.2. The summed E-state index contributed by atoms with van der Waals surface area (Å²) < 4.78 is 27.9. The molecule has 104 valence electrons. The van der Waals surface area contributed by atoms with Crippen LogP contribution in [0.1, 0.15) is 15.9 Å². The summed E-state index contributed by atoms with van der Waals surface area (Å²) >= 11 is 4.30. The molecule has 0 saturated carbocycles. The summed E-state index contributed by atoms with van der Waals surface area (Å²) in [7, 11) is 0. The van der Waals surface area contributed by atoms with Gasteiger partial charge >= 0.3 is 5.97 Å². The third kappa shape index (κ3) is 3.58. The van der Waals surface area contributed by atoms with Gasteiger partial charge < -0.3 is 5.11 Å². The largest absolute Gasteiger partial charge is 0.478 e. The van der Waals surface area contributed by atoms with Crippen molar-refractivity contribution in [2.24, 2.45) is 0 Å². The Balaban J connectivity index is 2.20. The molecule has 0 aliphatic heterocycles. The van der Waals surface area contributed by atoms with Crippen LogP contribution in [0.15, 0.2) is 45.8 Å². The number of hydrogen-bond donors (Lipinski definition) is 1. The molecule has 0 heterocycles. The van der Waals surface area contributed by atoms with Crippen LogP contribution in [0.2, 0.25) is 0 Å². The fourth-order valence-electron chi connectivity index (χ4n) is 1.56. The minimum absolute atomic E-state index is 0.00335. The Morgan fingerprint density at radius 3 is 2.55 bits per heavy atom. The van der Waals surface area contributed by atoms with Gasteiger partial charge in [0.15, 0.2) is 0 Å². The molecule has 0 saturated heterocycles. The maximum atomic E-state index is 13.6. The Bertz CT molecular complexity index is 662. The van der Waals surface area contributed by atoms with Gasteiger partial charge in [-0.3, -0.25) is 0 Å². The van der Waals surface area contributed by atoms with E-state index in [1.165, 1.54) is 18.2 Å². The van der Waals surface area contributed by atoms with E-state index in [1.807, 2.05) is 0 Å². The van der Waals surface area contributed by atoms with Gasteiger partial charge in [-0.05, 0) is 42.0 Å². The highest BCUT2D eigenvalue weighted by Crippen LogP contribution is 2.28. The summed E-state index contributed by atoms with van der Waals surface area (Å²) in [6, 6.07) is 8.06. The number of hydrogen-bond acceptors (Lipinski definition) is 2.